The van der Waals surface area contributed by atoms with E-state index in [0.717, 1.165) is 16.6 Å². The number of hydrogen-bond donors (Lipinski definition) is 1. The number of fused-ring (bicyclic) bond motifs is 1. The number of nitrogens with one attached hydrogen (secondary N) is 1. The third-order valence-electron chi connectivity index (χ3n) is 4.90. The number of halogens is 4. The van der Waals surface area contributed by atoms with Crippen LogP contribution < -0.4 is 0 Å². The SMILES string of the molecule is O=C(CCCc1c(Cl)cccc1Cl)c1ccc2nc(-c3c(Cl)cccc3Cl)[nH]c2c1. The third kappa shape index (κ3) is 4.35. The summed E-state index contributed by atoms with van der Waals surface area (Å²) in [7, 11) is 0. The number of hydrogen-bond acceptors (Lipinski definition) is 2. The first-order valence-electron chi connectivity index (χ1n) is 9.34. The van der Waals surface area contributed by atoms with Crippen LogP contribution in [-0.2, 0) is 6.42 Å². The predicted molar refractivity (Wildman–Crippen MR) is 125 cm³/mol. The van der Waals surface area contributed by atoms with Crippen LogP contribution >= 0.6 is 46.4 Å². The Labute approximate surface area is 193 Å². The van der Waals surface area contributed by atoms with E-state index >= 15 is 0 Å². The average Bonchev–Trinajstić information content (AvgIpc) is 3.12. The highest BCUT2D eigenvalue weighted by molar-refractivity contribution is 6.39. The average molecular weight is 478 g/mol. The molecule has 1 aromatic heterocycles. The number of H-pyrrole nitrogens is 1. The topological polar surface area (TPSA) is 45.8 Å². The van der Waals surface area contributed by atoms with Gasteiger partial charge in [0, 0.05) is 22.0 Å². The van der Waals surface area contributed by atoms with Crippen molar-refractivity contribution >= 4 is 63.2 Å². The lowest BCUT2D eigenvalue weighted by molar-refractivity contribution is 0.0980. The van der Waals surface area contributed by atoms with Crippen LogP contribution in [-0.4, -0.2) is 15.8 Å². The van der Waals surface area contributed by atoms with Crippen molar-refractivity contribution < 1.29 is 4.79 Å². The van der Waals surface area contributed by atoms with Gasteiger partial charge in [0.15, 0.2) is 5.78 Å². The van der Waals surface area contributed by atoms with E-state index in [1.165, 1.54) is 0 Å². The number of benzene rings is 3. The summed E-state index contributed by atoms with van der Waals surface area (Å²) in [6, 6.07) is 16.1. The first kappa shape index (κ1) is 21.2. The fourth-order valence-electron chi connectivity index (χ4n) is 3.37. The van der Waals surface area contributed by atoms with Gasteiger partial charge in [-0.2, -0.15) is 0 Å². The minimum Gasteiger partial charge on any atom is -0.338 e. The zero-order valence-electron chi connectivity index (χ0n) is 15.7. The van der Waals surface area contributed by atoms with Crippen molar-refractivity contribution in [3.63, 3.8) is 0 Å². The molecular formula is C23H16Cl4N2O. The van der Waals surface area contributed by atoms with Gasteiger partial charge in [0.1, 0.15) is 5.82 Å². The molecule has 0 aliphatic carbocycles. The first-order chi connectivity index (χ1) is 14.4. The Bertz CT molecular complexity index is 1210. The van der Waals surface area contributed by atoms with E-state index in [0.29, 0.717) is 56.3 Å². The summed E-state index contributed by atoms with van der Waals surface area (Å²) < 4.78 is 0. The van der Waals surface area contributed by atoms with Gasteiger partial charge in [-0.1, -0.05) is 58.5 Å². The molecule has 0 bridgehead atoms. The molecule has 0 radical (unpaired) electrons. The van der Waals surface area contributed by atoms with Crippen LogP contribution in [0, 0.1) is 0 Å². The highest BCUT2D eigenvalue weighted by Gasteiger charge is 2.15. The van der Waals surface area contributed by atoms with Crippen LogP contribution in [0.5, 0.6) is 0 Å². The summed E-state index contributed by atoms with van der Waals surface area (Å²) >= 11 is 25.0. The number of aromatic nitrogens is 2. The van der Waals surface area contributed by atoms with Crippen LogP contribution in [0.4, 0.5) is 0 Å². The number of carbonyl (C=O) groups excluding carboxylic acids is 1. The van der Waals surface area contributed by atoms with Crippen molar-refractivity contribution in [2.45, 2.75) is 19.3 Å². The van der Waals surface area contributed by atoms with E-state index in [4.69, 9.17) is 46.4 Å². The van der Waals surface area contributed by atoms with E-state index in [1.807, 2.05) is 12.1 Å². The predicted octanol–water partition coefficient (Wildman–Crippen LogP) is 8.05. The Morgan fingerprint density at radius 1 is 0.867 bits per heavy atom. The molecule has 0 saturated heterocycles. The maximum absolute atomic E-state index is 12.7. The van der Waals surface area contributed by atoms with Gasteiger partial charge >= 0.3 is 0 Å². The summed E-state index contributed by atoms with van der Waals surface area (Å²) in [5.74, 6) is 0.616. The lowest BCUT2D eigenvalue weighted by Gasteiger charge is -2.06. The Hall–Kier alpha value is -2.04. The minimum atomic E-state index is 0.0481. The lowest BCUT2D eigenvalue weighted by atomic mass is 10.0. The lowest BCUT2D eigenvalue weighted by Crippen LogP contribution is -2.00. The summed E-state index contributed by atoms with van der Waals surface area (Å²) in [6.07, 6.45) is 1.69. The van der Waals surface area contributed by atoms with Crippen molar-refractivity contribution in [3.8, 4) is 11.4 Å². The van der Waals surface area contributed by atoms with Crippen LogP contribution in [0.3, 0.4) is 0 Å². The Morgan fingerprint density at radius 2 is 1.50 bits per heavy atom. The van der Waals surface area contributed by atoms with Crippen LogP contribution in [0.2, 0.25) is 20.1 Å². The number of Topliss-reactive ketones (excluding diaryl/α,β-unsaturated/α-hetero) is 1. The van der Waals surface area contributed by atoms with Gasteiger partial charge in [0.05, 0.1) is 26.6 Å². The fourth-order valence-corrected chi connectivity index (χ4v) is 4.53. The molecule has 0 aliphatic heterocycles. The Kier molecular flexibility index (Phi) is 6.35. The number of ketones is 1. The van der Waals surface area contributed by atoms with Crippen LogP contribution in [0.25, 0.3) is 22.4 Å². The van der Waals surface area contributed by atoms with Gasteiger partial charge in [-0.3, -0.25) is 4.79 Å². The van der Waals surface area contributed by atoms with Crippen molar-refractivity contribution in [1.29, 1.82) is 0 Å². The quantitative estimate of drug-likeness (QED) is 0.285. The number of imidazole rings is 1. The zero-order chi connectivity index (χ0) is 21.3. The van der Waals surface area contributed by atoms with Crippen molar-refractivity contribution in [2.24, 2.45) is 0 Å². The Morgan fingerprint density at radius 3 is 2.17 bits per heavy atom. The van der Waals surface area contributed by atoms with Gasteiger partial charge in [-0.05, 0) is 60.9 Å². The minimum absolute atomic E-state index is 0.0481. The normalized spacial score (nSPS) is 11.2. The van der Waals surface area contributed by atoms with Crippen LogP contribution in [0.1, 0.15) is 28.8 Å². The van der Waals surface area contributed by atoms with E-state index in [9.17, 15) is 4.79 Å². The van der Waals surface area contributed by atoms with Gasteiger partial charge < -0.3 is 4.98 Å². The van der Waals surface area contributed by atoms with E-state index in [2.05, 4.69) is 9.97 Å². The second-order valence-corrected chi connectivity index (χ2v) is 8.52. The molecule has 0 saturated carbocycles. The molecule has 1 N–H and O–H groups in total. The largest absolute Gasteiger partial charge is 0.338 e. The monoisotopic (exact) mass is 476 g/mol. The smallest absolute Gasteiger partial charge is 0.162 e. The molecular weight excluding hydrogens is 462 g/mol. The molecule has 0 unspecified atom stereocenters. The van der Waals surface area contributed by atoms with Crippen molar-refractivity contribution in [2.75, 3.05) is 0 Å². The maximum Gasteiger partial charge on any atom is 0.162 e. The van der Waals surface area contributed by atoms with E-state index < -0.39 is 0 Å². The molecule has 7 heteroatoms. The summed E-state index contributed by atoms with van der Waals surface area (Å²) in [5.41, 5.74) is 3.62. The molecule has 152 valence electrons. The molecule has 3 nitrogen and oxygen atoms in total. The molecule has 1 heterocycles. The highest BCUT2D eigenvalue weighted by atomic mass is 35.5. The van der Waals surface area contributed by atoms with Crippen LogP contribution in [0.15, 0.2) is 54.6 Å². The first-order valence-corrected chi connectivity index (χ1v) is 10.9. The van der Waals surface area contributed by atoms with Gasteiger partial charge in [0.2, 0.25) is 0 Å². The summed E-state index contributed by atoms with van der Waals surface area (Å²) in [6.45, 7) is 0. The molecule has 0 amide bonds. The van der Waals surface area contributed by atoms with Gasteiger partial charge in [-0.15, -0.1) is 0 Å². The second-order valence-electron chi connectivity index (χ2n) is 6.89. The molecule has 0 aliphatic rings. The number of aromatic amines is 1. The summed E-state index contributed by atoms with van der Waals surface area (Å²) in [4.78, 5) is 20.5. The molecule has 0 spiro atoms. The van der Waals surface area contributed by atoms with Gasteiger partial charge in [0.25, 0.3) is 0 Å². The number of rotatable bonds is 6. The molecule has 30 heavy (non-hydrogen) atoms. The highest BCUT2D eigenvalue weighted by Crippen LogP contribution is 2.34. The summed E-state index contributed by atoms with van der Waals surface area (Å²) in [5, 5.41) is 2.27. The standard InChI is InChI=1S/C23H16Cl4N2O/c24-15-5-2-6-16(25)14(15)4-1-9-21(30)13-10-11-19-20(12-13)29-23(28-19)22-17(26)7-3-8-18(22)27/h2-3,5-8,10-12H,1,4,9H2,(H,28,29). The third-order valence-corrected chi connectivity index (χ3v) is 6.23. The molecule has 4 aromatic rings. The fraction of sp³-hybridized carbons (Fsp3) is 0.130. The molecule has 0 fully saturated rings. The maximum atomic E-state index is 12.7. The molecule has 0 atom stereocenters. The van der Waals surface area contributed by atoms with Crippen molar-refractivity contribution in [3.05, 3.63) is 85.8 Å². The van der Waals surface area contributed by atoms with Gasteiger partial charge in [-0.25, -0.2) is 4.98 Å². The Balaban J connectivity index is 1.51. The zero-order valence-corrected chi connectivity index (χ0v) is 18.7. The number of carbonyl (C=O) groups is 1. The second kappa shape index (κ2) is 8.99. The van der Waals surface area contributed by atoms with E-state index in [-0.39, 0.29) is 5.78 Å². The molecule has 3 aromatic carbocycles. The molecule has 4 rings (SSSR count). The van der Waals surface area contributed by atoms with E-state index in [1.54, 1.807) is 42.5 Å². The van der Waals surface area contributed by atoms with Crippen molar-refractivity contribution in [1.82, 2.24) is 9.97 Å². The number of nitrogens with zero attached hydrogens (tertiary/aromatic N) is 1.